The van der Waals surface area contributed by atoms with Crippen LogP contribution in [0, 0.1) is 0 Å². The summed E-state index contributed by atoms with van der Waals surface area (Å²) in [5.41, 5.74) is 4.51. The van der Waals surface area contributed by atoms with Gasteiger partial charge < -0.3 is 24.8 Å². The number of ether oxygens (including phenoxy) is 3. The summed E-state index contributed by atoms with van der Waals surface area (Å²) in [6.07, 6.45) is 0.265. The molecule has 3 aromatic carbocycles. The molecule has 232 valence electrons. The summed E-state index contributed by atoms with van der Waals surface area (Å²) in [7, 11) is 0. The topological polar surface area (TPSA) is 120 Å². The molecule has 1 atom stereocenters. The Bertz CT molecular complexity index is 1400. The molecule has 0 bridgehead atoms. The van der Waals surface area contributed by atoms with E-state index in [4.69, 9.17) is 14.2 Å². The number of hydrogen-bond donors (Lipinski definition) is 2. The minimum absolute atomic E-state index is 0.108. The minimum atomic E-state index is -0.951. The zero-order valence-corrected chi connectivity index (χ0v) is 25.5. The highest BCUT2D eigenvalue weighted by Crippen LogP contribution is 2.44. The predicted molar refractivity (Wildman–Crippen MR) is 166 cm³/mol. The average molecular weight is 601 g/mol. The number of hydrogen-bond acceptors (Lipinski definition) is 7. The van der Waals surface area contributed by atoms with Crippen LogP contribution >= 0.6 is 0 Å². The lowest BCUT2D eigenvalue weighted by molar-refractivity contribution is -0.159. The maximum atomic E-state index is 12.9. The predicted octanol–water partition coefficient (Wildman–Crippen LogP) is 5.66. The number of carbonyl (C=O) groups excluding carboxylic acids is 4. The van der Waals surface area contributed by atoms with Gasteiger partial charge in [0.2, 0.25) is 5.91 Å². The Hall–Kier alpha value is -4.66. The highest BCUT2D eigenvalue weighted by Gasteiger charge is 2.30. The van der Waals surface area contributed by atoms with Crippen molar-refractivity contribution >= 4 is 23.9 Å². The number of benzene rings is 3. The van der Waals surface area contributed by atoms with Crippen LogP contribution in [0.3, 0.4) is 0 Å². The van der Waals surface area contributed by atoms with E-state index in [9.17, 15) is 19.2 Å². The van der Waals surface area contributed by atoms with Crippen molar-refractivity contribution in [2.45, 2.75) is 70.6 Å². The van der Waals surface area contributed by atoms with Crippen LogP contribution in [-0.2, 0) is 35.2 Å². The lowest BCUT2D eigenvalue weighted by Crippen LogP contribution is -2.44. The molecule has 0 heterocycles. The molecule has 4 rings (SSSR count). The number of nitrogens with one attached hydrogen (secondary N) is 2. The first-order valence-electron chi connectivity index (χ1n) is 14.9. The van der Waals surface area contributed by atoms with Gasteiger partial charge in [0.1, 0.15) is 31.3 Å². The Morgan fingerprint density at radius 3 is 2.05 bits per heavy atom. The molecule has 0 aromatic heterocycles. The van der Waals surface area contributed by atoms with Crippen molar-refractivity contribution in [2.24, 2.45) is 0 Å². The molecule has 0 fully saturated rings. The first-order valence-corrected chi connectivity index (χ1v) is 14.9. The van der Waals surface area contributed by atoms with Crippen molar-refractivity contribution in [3.63, 3.8) is 0 Å². The third-order valence-electron chi connectivity index (χ3n) is 7.11. The summed E-state index contributed by atoms with van der Waals surface area (Å²) in [6.45, 7) is 5.84. The summed E-state index contributed by atoms with van der Waals surface area (Å²) in [4.78, 5) is 50.3. The normalized spacial score (nSPS) is 12.8. The number of amides is 2. The molecule has 0 saturated carbocycles. The number of esters is 2. The molecule has 44 heavy (non-hydrogen) atoms. The Kier molecular flexibility index (Phi) is 11.1. The lowest BCUT2D eigenvalue weighted by atomic mass is 9.98. The van der Waals surface area contributed by atoms with Crippen molar-refractivity contribution < 1.29 is 33.4 Å². The van der Waals surface area contributed by atoms with Crippen LogP contribution in [-0.4, -0.2) is 48.7 Å². The quantitative estimate of drug-likeness (QED) is 0.113. The summed E-state index contributed by atoms with van der Waals surface area (Å²) < 4.78 is 16.2. The molecule has 2 N–H and O–H groups in total. The third-order valence-corrected chi connectivity index (χ3v) is 7.11. The molecule has 9 nitrogen and oxygen atoms in total. The molecular weight excluding hydrogens is 560 g/mol. The zero-order valence-electron chi connectivity index (χ0n) is 25.5. The van der Waals surface area contributed by atoms with Crippen molar-refractivity contribution in [1.82, 2.24) is 10.6 Å². The van der Waals surface area contributed by atoms with E-state index in [0.29, 0.717) is 19.4 Å². The van der Waals surface area contributed by atoms with Crippen LogP contribution in [0.15, 0.2) is 78.9 Å². The van der Waals surface area contributed by atoms with E-state index in [-0.39, 0.29) is 25.6 Å². The van der Waals surface area contributed by atoms with Gasteiger partial charge in [-0.2, -0.15) is 0 Å². The van der Waals surface area contributed by atoms with E-state index in [1.165, 1.54) is 0 Å². The van der Waals surface area contributed by atoms with Crippen molar-refractivity contribution in [1.29, 1.82) is 0 Å². The van der Waals surface area contributed by atoms with Gasteiger partial charge in [-0.1, -0.05) is 78.9 Å². The average Bonchev–Trinajstić information content (AvgIpc) is 3.31. The first-order chi connectivity index (χ1) is 21.1. The van der Waals surface area contributed by atoms with Gasteiger partial charge in [-0.25, -0.2) is 9.59 Å². The van der Waals surface area contributed by atoms with Crippen molar-refractivity contribution in [3.05, 3.63) is 95.6 Å². The molecule has 1 aliphatic rings. The van der Waals surface area contributed by atoms with E-state index in [0.717, 1.165) is 27.8 Å². The fourth-order valence-corrected chi connectivity index (χ4v) is 5.10. The third kappa shape index (κ3) is 9.42. The zero-order chi connectivity index (χ0) is 31.5. The molecule has 1 aliphatic carbocycles. The van der Waals surface area contributed by atoms with Crippen molar-refractivity contribution in [2.75, 3.05) is 13.2 Å². The maximum Gasteiger partial charge on any atom is 0.407 e. The smallest absolute Gasteiger partial charge is 0.407 e. The first kappa shape index (κ1) is 32.3. The van der Waals surface area contributed by atoms with Gasteiger partial charge in [0.05, 0.1) is 0 Å². The molecule has 9 heteroatoms. The van der Waals surface area contributed by atoms with E-state index in [2.05, 4.69) is 10.6 Å². The van der Waals surface area contributed by atoms with Gasteiger partial charge in [-0.3, -0.25) is 9.59 Å². The van der Waals surface area contributed by atoms with Crippen LogP contribution < -0.4 is 10.6 Å². The number of fused-ring (bicyclic) bond motifs is 3. The van der Waals surface area contributed by atoms with Gasteiger partial charge in [-0.15, -0.1) is 0 Å². The van der Waals surface area contributed by atoms with Crippen LogP contribution in [0.5, 0.6) is 0 Å². The fourth-order valence-electron chi connectivity index (χ4n) is 5.10. The number of rotatable bonds is 13. The number of alkyl carbamates (subject to hydrolysis) is 1. The maximum absolute atomic E-state index is 12.9. The Morgan fingerprint density at radius 2 is 1.41 bits per heavy atom. The van der Waals surface area contributed by atoms with E-state index in [1.54, 1.807) is 20.8 Å². The summed E-state index contributed by atoms with van der Waals surface area (Å²) in [5, 5.41) is 5.33. The van der Waals surface area contributed by atoms with Crippen LogP contribution in [0.4, 0.5) is 4.79 Å². The monoisotopic (exact) mass is 600 g/mol. The molecule has 2 amide bonds. The second kappa shape index (κ2) is 15.2. The SMILES string of the molecule is CC(C)(C)OC(=O)[C@H](CCCCNC(=O)OCc1ccccc1)NC(=O)CC(=O)OCC1c2ccccc2-c2ccccc21. The molecule has 0 aliphatic heterocycles. The standard InChI is InChI=1S/C35H40N2O7/c1-35(2,3)44-33(40)30(19-11-12-20-36-34(41)43-22-24-13-5-4-6-14-24)37-31(38)21-32(39)42-23-29-27-17-9-7-15-25(27)26-16-8-10-18-28(26)29/h4-10,13-18,29-30H,11-12,19-23H2,1-3H3,(H,36,41)(H,37,38)/t30-/m0/s1. The van der Waals surface area contributed by atoms with Crippen LogP contribution in [0.2, 0.25) is 0 Å². The molecular formula is C35H40N2O7. The molecule has 0 radical (unpaired) electrons. The fraction of sp³-hybridized carbons (Fsp3) is 0.371. The highest BCUT2D eigenvalue weighted by atomic mass is 16.6. The minimum Gasteiger partial charge on any atom is -0.464 e. The Balaban J connectivity index is 1.23. The van der Waals surface area contributed by atoms with Gasteiger partial charge in [0.15, 0.2) is 0 Å². The van der Waals surface area contributed by atoms with Crippen LogP contribution in [0.1, 0.15) is 69.1 Å². The molecule has 0 saturated heterocycles. The molecule has 3 aromatic rings. The van der Waals surface area contributed by atoms with Gasteiger partial charge in [0, 0.05) is 12.5 Å². The summed E-state index contributed by atoms with van der Waals surface area (Å²) >= 11 is 0. The van der Waals surface area contributed by atoms with Crippen molar-refractivity contribution in [3.8, 4) is 11.1 Å². The van der Waals surface area contributed by atoms with E-state index < -0.39 is 42.0 Å². The van der Waals surface area contributed by atoms with E-state index in [1.807, 2.05) is 78.9 Å². The van der Waals surface area contributed by atoms with Gasteiger partial charge in [-0.05, 0) is 67.9 Å². The largest absolute Gasteiger partial charge is 0.464 e. The second-order valence-corrected chi connectivity index (χ2v) is 11.7. The Labute approximate surface area is 258 Å². The summed E-state index contributed by atoms with van der Waals surface area (Å²) in [5.74, 6) is -2.01. The Morgan fingerprint density at radius 1 is 0.795 bits per heavy atom. The van der Waals surface area contributed by atoms with E-state index >= 15 is 0 Å². The number of unbranched alkanes of at least 4 members (excludes halogenated alkanes) is 1. The summed E-state index contributed by atoms with van der Waals surface area (Å²) in [6, 6.07) is 24.4. The molecule has 0 unspecified atom stereocenters. The highest BCUT2D eigenvalue weighted by molar-refractivity contribution is 5.96. The molecule has 0 spiro atoms. The lowest BCUT2D eigenvalue weighted by Gasteiger charge is -2.24. The van der Waals surface area contributed by atoms with Gasteiger partial charge in [0.25, 0.3) is 0 Å². The van der Waals surface area contributed by atoms with Gasteiger partial charge >= 0.3 is 18.0 Å². The van der Waals surface area contributed by atoms with Crippen LogP contribution in [0.25, 0.3) is 11.1 Å². The second-order valence-electron chi connectivity index (χ2n) is 11.7. The number of carbonyl (C=O) groups is 4.